The van der Waals surface area contributed by atoms with E-state index in [2.05, 4.69) is 56.7 Å². The Hall–Kier alpha value is -1.29. The second-order valence-corrected chi connectivity index (χ2v) is 9.54. The maximum Gasteiger partial charge on any atom is 0.226 e. The van der Waals surface area contributed by atoms with Gasteiger partial charge in [-0.2, -0.15) is 0 Å². The van der Waals surface area contributed by atoms with Gasteiger partial charge in [-0.15, -0.1) is 0 Å². The van der Waals surface area contributed by atoms with Crippen LogP contribution in [0.3, 0.4) is 0 Å². The second kappa shape index (κ2) is 10.1. The fourth-order valence-electron chi connectivity index (χ4n) is 3.02. The number of nitrogens with zero attached hydrogens (tertiary/aromatic N) is 5. The number of morpholine rings is 1. The van der Waals surface area contributed by atoms with E-state index in [-0.39, 0.29) is 5.28 Å². The van der Waals surface area contributed by atoms with Gasteiger partial charge in [-0.05, 0) is 35.9 Å². The molecule has 0 bridgehead atoms. The summed E-state index contributed by atoms with van der Waals surface area (Å²) in [5, 5.41) is 3.21. The summed E-state index contributed by atoms with van der Waals surface area (Å²) in [7, 11) is 0. The monoisotopic (exact) mass is 603 g/mol. The van der Waals surface area contributed by atoms with Crippen LogP contribution in [0.1, 0.15) is 0 Å². The first kappa shape index (κ1) is 22.9. The van der Waals surface area contributed by atoms with Gasteiger partial charge >= 0.3 is 0 Å². The highest BCUT2D eigenvalue weighted by Crippen LogP contribution is 2.28. The van der Waals surface area contributed by atoms with Crippen LogP contribution < -0.4 is 4.90 Å². The number of aromatic nitrogens is 4. The molecule has 6 nitrogen and oxygen atoms in total. The normalized spacial score (nSPS) is 13.9. The molecule has 11 heteroatoms. The highest BCUT2D eigenvalue weighted by Gasteiger charge is 2.15. The van der Waals surface area contributed by atoms with Crippen molar-refractivity contribution in [1.82, 2.24) is 19.9 Å². The summed E-state index contributed by atoms with van der Waals surface area (Å²) in [6.45, 7) is 3.07. The second-order valence-electron chi connectivity index (χ2n) is 6.56. The minimum atomic E-state index is 0.205. The molecule has 31 heavy (non-hydrogen) atoms. The largest absolute Gasteiger partial charge is 0.378 e. The molecular weight excluding hydrogens is 592 g/mol. The number of rotatable bonds is 1. The van der Waals surface area contributed by atoms with Crippen molar-refractivity contribution in [3.8, 4) is 0 Å². The molecule has 0 N–H and O–H groups in total. The standard InChI is InChI=1S/C12H11BrClN3O.C8H3BrCl2N2/c13-9-5-8-7-15-12(16-11(8)10(14)6-9)17-1-3-18-4-2-17;9-5-1-4-3-12-8(11)13-7(4)6(10)2-5/h5-7H,1-4H2;1-3H. The smallest absolute Gasteiger partial charge is 0.226 e. The highest BCUT2D eigenvalue weighted by molar-refractivity contribution is 9.10. The average Bonchev–Trinajstić information content (AvgIpc) is 2.75. The molecule has 2 aromatic heterocycles. The number of ether oxygens (including phenoxy) is 1. The van der Waals surface area contributed by atoms with Crippen LogP contribution in [-0.4, -0.2) is 46.2 Å². The van der Waals surface area contributed by atoms with E-state index in [1.807, 2.05) is 24.4 Å². The minimum Gasteiger partial charge on any atom is -0.378 e. The van der Waals surface area contributed by atoms with Crippen LogP contribution in [-0.2, 0) is 4.74 Å². The fraction of sp³-hybridized carbons (Fsp3) is 0.200. The molecular formula is C20H14Br2Cl3N5O. The van der Waals surface area contributed by atoms with Crippen LogP contribution in [0, 0.1) is 0 Å². The molecule has 0 aliphatic carbocycles. The van der Waals surface area contributed by atoms with Gasteiger partial charge in [-0.25, -0.2) is 19.9 Å². The number of fused-ring (bicyclic) bond motifs is 2. The van der Waals surface area contributed by atoms with Crippen molar-refractivity contribution in [3.63, 3.8) is 0 Å². The molecule has 160 valence electrons. The Kier molecular flexibility index (Phi) is 7.46. The third-order valence-electron chi connectivity index (χ3n) is 4.45. The van der Waals surface area contributed by atoms with Crippen LogP contribution >= 0.6 is 66.7 Å². The van der Waals surface area contributed by atoms with Crippen LogP contribution in [0.4, 0.5) is 5.95 Å². The molecule has 4 aromatic rings. The Morgan fingerprint density at radius 1 is 0.774 bits per heavy atom. The first-order valence-corrected chi connectivity index (χ1v) is 11.8. The van der Waals surface area contributed by atoms with Crippen molar-refractivity contribution < 1.29 is 4.74 Å². The molecule has 1 saturated heterocycles. The topological polar surface area (TPSA) is 64.0 Å². The zero-order chi connectivity index (χ0) is 22.0. The van der Waals surface area contributed by atoms with Crippen LogP contribution in [0.5, 0.6) is 0 Å². The van der Waals surface area contributed by atoms with E-state index in [4.69, 9.17) is 39.5 Å². The van der Waals surface area contributed by atoms with Gasteiger partial charge in [-0.1, -0.05) is 55.1 Å². The van der Waals surface area contributed by atoms with Gasteiger partial charge in [0.1, 0.15) is 0 Å². The molecule has 0 amide bonds. The molecule has 0 saturated carbocycles. The predicted molar refractivity (Wildman–Crippen MR) is 133 cm³/mol. The third kappa shape index (κ3) is 5.56. The molecule has 0 unspecified atom stereocenters. The third-order valence-corrected chi connectivity index (χ3v) is 6.13. The van der Waals surface area contributed by atoms with Crippen LogP contribution in [0.25, 0.3) is 21.8 Å². The molecule has 1 fully saturated rings. The molecule has 0 spiro atoms. The lowest BCUT2D eigenvalue weighted by atomic mass is 10.2. The number of hydrogen-bond donors (Lipinski definition) is 0. The minimum absolute atomic E-state index is 0.205. The molecule has 2 aromatic carbocycles. The quantitative estimate of drug-likeness (QED) is 0.228. The zero-order valence-corrected chi connectivity index (χ0v) is 21.3. The van der Waals surface area contributed by atoms with E-state index in [9.17, 15) is 0 Å². The number of benzene rings is 2. The molecule has 1 aliphatic heterocycles. The summed E-state index contributed by atoms with van der Waals surface area (Å²) in [5.74, 6) is 0.718. The van der Waals surface area contributed by atoms with Gasteiger partial charge in [-0.3, -0.25) is 0 Å². The lowest BCUT2D eigenvalue weighted by Crippen LogP contribution is -2.37. The average molecular weight is 607 g/mol. The molecule has 3 heterocycles. The molecule has 0 atom stereocenters. The van der Waals surface area contributed by atoms with E-state index in [1.165, 1.54) is 0 Å². The summed E-state index contributed by atoms with van der Waals surface area (Å²) >= 11 is 24.5. The van der Waals surface area contributed by atoms with Crippen molar-refractivity contribution in [1.29, 1.82) is 0 Å². The lowest BCUT2D eigenvalue weighted by Gasteiger charge is -2.26. The maximum atomic E-state index is 6.21. The first-order chi connectivity index (χ1) is 14.9. The summed E-state index contributed by atoms with van der Waals surface area (Å²) < 4.78 is 7.15. The van der Waals surface area contributed by atoms with Gasteiger partial charge in [0.15, 0.2) is 0 Å². The van der Waals surface area contributed by atoms with Gasteiger partial charge in [0.25, 0.3) is 0 Å². The Morgan fingerprint density at radius 3 is 1.94 bits per heavy atom. The van der Waals surface area contributed by atoms with E-state index in [0.717, 1.165) is 57.5 Å². The van der Waals surface area contributed by atoms with E-state index >= 15 is 0 Å². The number of anilines is 1. The Labute approximate surface area is 210 Å². The molecule has 1 aliphatic rings. The SMILES string of the molecule is Clc1cc(Br)cc2cnc(N3CCOCC3)nc12.Clc1ncc2cc(Br)cc(Cl)c2n1. The summed E-state index contributed by atoms with van der Waals surface area (Å²) in [5.41, 5.74) is 1.46. The number of halogens is 5. The summed E-state index contributed by atoms with van der Waals surface area (Å²) in [6.07, 6.45) is 3.45. The first-order valence-electron chi connectivity index (χ1n) is 9.12. The van der Waals surface area contributed by atoms with Crippen molar-refractivity contribution in [2.24, 2.45) is 0 Å². The highest BCUT2D eigenvalue weighted by atomic mass is 79.9. The van der Waals surface area contributed by atoms with Crippen molar-refractivity contribution >= 4 is 94.4 Å². The lowest BCUT2D eigenvalue weighted by molar-refractivity contribution is 0.122. The zero-order valence-electron chi connectivity index (χ0n) is 15.8. The Morgan fingerprint density at radius 2 is 1.32 bits per heavy atom. The fourth-order valence-corrected chi connectivity index (χ4v) is 4.91. The Balaban J connectivity index is 0.000000158. The van der Waals surface area contributed by atoms with Crippen molar-refractivity contribution in [2.45, 2.75) is 0 Å². The summed E-state index contributed by atoms with van der Waals surface area (Å²) in [6, 6.07) is 7.47. The molecule has 0 radical (unpaired) electrons. The summed E-state index contributed by atoms with van der Waals surface area (Å²) in [4.78, 5) is 18.9. The van der Waals surface area contributed by atoms with E-state index < -0.39 is 0 Å². The van der Waals surface area contributed by atoms with Gasteiger partial charge < -0.3 is 9.64 Å². The van der Waals surface area contributed by atoms with Gasteiger partial charge in [0, 0.05) is 45.2 Å². The Bertz CT molecular complexity index is 1250. The van der Waals surface area contributed by atoms with Crippen LogP contribution in [0.2, 0.25) is 15.3 Å². The van der Waals surface area contributed by atoms with Gasteiger partial charge in [0.05, 0.1) is 34.3 Å². The van der Waals surface area contributed by atoms with Crippen molar-refractivity contribution in [3.05, 3.63) is 60.9 Å². The van der Waals surface area contributed by atoms with E-state index in [1.54, 1.807) is 12.3 Å². The van der Waals surface area contributed by atoms with Crippen LogP contribution in [0.15, 0.2) is 45.6 Å². The van der Waals surface area contributed by atoms with Crippen molar-refractivity contribution in [2.75, 3.05) is 31.2 Å². The number of hydrogen-bond acceptors (Lipinski definition) is 6. The van der Waals surface area contributed by atoms with Gasteiger partial charge in [0.2, 0.25) is 11.2 Å². The predicted octanol–water partition coefficient (Wildman–Crippen LogP) is 6.58. The maximum absolute atomic E-state index is 6.21. The molecule has 5 rings (SSSR count). The van der Waals surface area contributed by atoms with E-state index in [0.29, 0.717) is 15.6 Å².